The Morgan fingerprint density at radius 3 is 1.28 bits per heavy atom. The molecular formula is C30H20N4O10S2. The van der Waals surface area contributed by atoms with Crippen molar-refractivity contribution in [1.82, 2.24) is 9.97 Å². The van der Waals surface area contributed by atoms with E-state index in [1.165, 1.54) is 60.9 Å². The topological polar surface area (TPSA) is 199 Å². The van der Waals surface area contributed by atoms with Crippen LogP contribution in [0, 0.1) is 20.2 Å². The molecule has 0 saturated carbocycles. The molecule has 0 unspecified atom stereocenters. The molecule has 6 rings (SSSR count). The Hall–Kier alpha value is -6.00. The van der Waals surface area contributed by atoms with Gasteiger partial charge in [-0.2, -0.15) is 16.8 Å². The Balaban J connectivity index is 0.000000181. The van der Waals surface area contributed by atoms with Crippen LogP contribution in [-0.2, 0) is 20.2 Å². The molecule has 0 bridgehead atoms. The van der Waals surface area contributed by atoms with E-state index in [1.54, 1.807) is 48.5 Å². The van der Waals surface area contributed by atoms with E-state index in [4.69, 9.17) is 8.37 Å². The van der Waals surface area contributed by atoms with Crippen molar-refractivity contribution in [1.29, 1.82) is 0 Å². The molecule has 0 radical (unpaired) electrons. The lowest BCUT2D eigenvalue weighted by Crippen LogP contribution is -2.10. The number of rotatable bonds is 8. The summed E-state index contributed by atoms with van der Waals surface area (Å²) in [5.41, 5.74) is 0.129. The van der Waals surface area contributed by atoms with Gasteiger partial charge in [0.25, 0.3) is 11.4 Å². The summed E-state index contributed by atoms with van der Waals surface area (Å²) >= 11 is 0. The van der Waals surface area contributed by atoms with Crippen LogP contribution in [0.3, 0.4) is 0 Å². The van der Waals surface area contributed by atoms with E-state index in [0.29, 0.717) is 11.0 Å². The van der Waals surface area contributed by atoms with E-state index in [9.17, 15) is 37.1 Å². The molecule has 46 heavy (non-hydrogen) atoms. The summed E-state index contributed by atoms with van der Waals surface area (Å²) in [6, 6.07) is 26.1. The van der Waals surface area contributed by atoms with Gasteiger partial charge >= 0.3 is 20.2 Å². The van der Waals surface area contributed by atoms with Crippen LogP contribution in [0.15, 0.2) is 131 Å². The zero-order valence-electron chi connectivity index (χ0n) is 23.2. The zero-order valence-corrected chi connectivity index (χ0v) is 24.9. The highest BCUT2D eigenvalue weighted by atomic mass is 32.2. The summed E-state index contributed by atoms with van der Waals surface area (Å²) in [6.45, 7) is 0. The molecule has 14 nitrogen and oxygen atoms in total. The van der Waals surface area contributed by atoms with Crippen molar-refractivity contribution in [3.8, 4) is 11.5 Å². The third kappa shape index (κ3) is 7.03. The fourth-order valence-corrected chi connectivity index (χ4v) is 6.08. The first-order valence-electron chi connectivity index (χ1n) is 13.0. The average Bonchev–Trinajstić information content (AvgIpc) is 3.05. The first-order chi connectivity index (χ1) is 21.9. The molecule has 2 aromatic heterocycles. The number of aromatic nitrogens is 2. The van der Waals surface area contributed by atoms with Crippen molar-refractivity contribution in [2.75, 3.05) is 0 Å². The number of hydrogen-bond acceptors (Lipinski definition) is 12. The maximum Gasteiger partial charge on any atom is 0.339 e. The third-order valence-electron chi connectivity index (χ3n) is 6.22. The Kier molecular flexibility index (Phi) is 8.83. The number of nitrogens with zero attached hydrogens (tertiary/aromatic N) is 4. The van der Waals surface area contributed by atoms with Crippen molar-refractivity contribution < 1.29 is 35.0 Å². The summed E-state index contributed by atoms with van der Waals surface area (Å²) in [4.78, 5) is 27.8. The third-order valence-corrected chi connectivity index (χ3v) is 8.69. The predicted molar refractivity (Wildman–Crippen MR) is 165 cm³/mol. The highest BCUT2D eigenvalue weighted by molar-refractivity contribution is 7.87. The highest BCUT2D eigenvalue weighted by Gasteiger charge is 2.22. The van der Waals surface area contributed by atoms with Gasteiger partial charge in [0.1, 0.15) is 20.8 Å². The van der Waals surface area contributed by atoms with Gasteiger partial charge in [0.15, 0.2) is 11.5 Å². The molecule has 6 aromatic rings. The van der Waals surface area contributed by atoms with E-state index in [0.717, 1.165) is 22.9 Å². The second-order valence-corrected chi connectivity index (χ2v) is 12.3. The van der Waals surface area contributed by atoms with Crippen molar-refractivity contribution in [2.45, 2.75) is 9.79 Å². The minimum absolute atomic E-state index is 0.0645. The van der Waals surface area contributed by atoms with Crippen molar-refractivity contribution in [2.24, 2.45) is 0 Å². The van der Waals surface area contributed by atoms with Gasteiger partial charge in [0.2, 0.25) is 0 Å². The number of nitro groups is 2. The van der Waals surface area contributed by atoms with Gasteiger partial charge in [0, 0.05) is 47.4 Å². The molecule has 0 spiro atoms. The Morgan fingerprint density at radius 2 is 0.891 bits per heavy atom. The van der Waals surface area contributed by atoms with Gasteiger partial charge in [0.05, 0.1) is 9.85 Å². The Bertz CT molecular complexity index is 2160. The monoisotopic (exact) mass is 660 g/mol. The van der Waals surface area contributed by atoms with E-state index in [2.05, 4.69) is 9.97 Å². The largest absolute Gasteiger partial charge is 0.377 e. The van der Waals surface area contributed by atoms with Crippen LogP contribution in [0.1, 0.15) is 0 Å². The summed E-state index contributed by atoms with van der Waals surface area (Å²) in [7, 11) is -8.41. The Morgan fingerprint density at radius 1 is 0.522 bits per heavy atom. The molecule has 0 saturated heterocycles. The zero-order chi connectivity index (χ0) is 32.9. The standard InChI is InChI=1S/2C15H10N2O5S/c2*18-17(19)12-6-2-7-13(10-12)23(20,21)22-14-8-1-4-11-5-3-9-16-15(11)14/h2*1-10H. The maximum atomic E-state index is 12.3. The molecule has 0 amide bonds. The Labute approximate surface area is 261 Å². The number of nitro benzene ring substituents is 2. The molecule has 0 atom stereocenters. The quantitative estimate of drug-likeness (QED) is 0.108. The van der Waals surface area contributed by atoms with Gasteiger partial charge in [-0.05, 0) is 36.4 Å². The van der Waals surface area contributed by atoms with Gasteiger partial charge < -0.3 is 8.37 Å². The molecule has 2 heterocycles. The normalized spacial score (nSPS) is 11.3. The minimum atomic E-state index is -4.21. The lowest BCUT2D eigenvalue weighted by atomic mass is 10.2. The average molecular weight is 661 g/mol. The van der Waals surface area contributed by atoms with Crippen molar-refractivity contribution in [3.05, 3.63) is 142 Å². The summed E-state index contributed by atoms with van der Waals surface area (Å²) in [6.07, 6.45) is 3.05. The van der Waals surface area contributed by atoms with Crippen LogP contribution >= 0.6 is 0 Å². The minimum Gasteiger partial charge on any atom is -0.377 e. The second-order valence-electron chi connectivity index (χ2n) is 9.25. The molecule has 0 aliphatic carbocycles. The number of non-ortho nitro benzene ring substituents is 2. The maximum absolute atomic E-state index is 12.3. The molecule has 0 N–H and O–H groups in total. The van der Waals surface area contributed by atoms with Crippen LogP contribution in [0.5, 0.6) is 11.5 Å². The summed E-state index contributed by atoms with van der Waals surface area (Å²) < 4.78 is 59.6. The van der Waals surface area contributed by atoms with Crippen LogP contribution in [-0.4, -0.2) is 36.7 Å². The number of para-hydroxylation sites is 2. The first-order valence-corrected chi connectivity index (χ1v) is 15.8. The van der Waals surface area contributed by atoms with E-state index < -0.39 is 30.1 Å². The van der Waals surface area contributed by atoms with Crippen molar-refractivity contribution >= 4 is 53.4 Å². The molecule has 4 aromatic carbocycles. The molecule has 0 fully saturated rings. The smallest absolute Gasteiger partial charge is 0.339 e. The SMILES string of the molecule is O=[N+]([O-])c1cccc(S(=O)(=O)Oc2cccc3cccnc23)c1.O=[N+]([O-])c1cccc(S(=O)(=O)Oc2cccc3cccnc23)c1. The number of pyridine rings is 2. The van der Waals surface area contributed by atoms with E-state index >= 15 is 0 Å². The number of fused-ring (bicyclic) bond motifs is 2. The second kappa shape index (κ2) is 12.9. The lowest BCUT2D eigenvalue weighted by molar-refractivity contribution is -0.385. The number of hydrogen-bond donors (Lipinski definition) is 0. The molecular weight excluding hydrogens is 640 g/mol. The van der Waals surface area contributed by atoms with E-state index in [-0.39, 0.29) is 32.7 Å². The summed E-state index contributed by atoms with van der Waals surface area (Å²) in [5.74, 6) is 0.129. The summed E-state index contributed by atoms with van der Waals surface area (Å²) in [5, 5.41) is 23.0. The molecule has 0 aliphatic heterocycles. The first kappa shape index (κ1) is 31.4. The van der Waals surface area contributed by atoms with E-state index in [1.807, 2.05) is 0 Å². The van der Waals surface area contributed by atoms with Crippen LogP contribution in [0.2, 0.25) is 0 Å². The van der Waals surface area contributed by atoms with Crippen molar-refractivity contribution in [3.63, 3.8) is 0 Å². The van der Waals surface area contributed by atoms with Gasteiger partial charge in [-0.15, -0.1) is 0 Å². The molecule has 16 heteroatoms. The van der Waals surface area contributed by atoms with Crippen LogP contribution in [0.25, 0.3) is 21.8 Å². The van der Waals surface area contributed by atoms with Crippen LogP contribution < -0.4 is 8.37 Å². The molecule has 0 aliphatic rings. The van der Waals surface area contributed by atoms with Gasteiger partial charge in [-0.1, -0.05) is 48.5 Å². The van der Waals surface area contributed by atoms with Gasteiger partial charge in [-0.3, -0.25) is 30.2 Å². The van der Waals surface area contributed by atoms with Crippen LogP contribution in [0.4, 0.5) is 11.4 Å². The fourth-order valence-electron chi connectivity index (χ4n) is 4.12. The predicted octanol–water partition coefficient (Wildman–Crippen LogP) is 5.82. The highest BCUT2D eigenvalue weighted by Crippen LogP contribution is 2.29. The van der Waals surface area contributed by atoms with Gasteiger partial charge in [-0.25, -0.2) is 0 Å². The number of benzene rings is 4. The fraction of sp³-hybridized carbons (Fsp3) is 0. The molecule has 232 valence electrons. The lowest BCUT2D eigenvalue weighted by Gasteiger charge is -2.08.